The van der Waals surface area contributed by atoms with E-state index in [1.165, 1.54) is 23.5 Å². The van der Waals surface area contributed by atoms with Crippen molar-refractivity contribution in [3.05, 3.63) is 74.6 Å². The summed E-state index contributed by atoms with van der Waals surface area (Å²) in [6.45, 7) is 3.75. The first kappa shape index (κ1) is 19.2. The van der Waals surface area contributed by atoms with Gasteiger partial charge in [0.1, 0.15) is 10.7 Å². The lowest BCUT2D eigenvalue weighted by atomic mass is 10.0. The van der Waals surface area contributed by atoms with Gasteiger partial charge in [0.2, 0.25) is 0 Å². The van der Waals surface area contributed by atoms with Crippen LogP contribution < -0.4 is 0 Å². The van der Waals surface area contributed by atoms with E-state index < -0.39 is 11.7 Å². The van der Waals surface area contributed by atoms with Crippen molar-refractivity contribution in [2.75, 3.05) is 0 Å². The van der Waals surface area contributed by atoms with Gasteiger partial charge in [0, 0.05) is 10.4 Å². The van der Waals surface area contributed by atoms with Gasteiger partial charge in [0.25, 0.3) is 0 Å². The Morgan fingerprint density at radius 1 is 1.04 bits per heavy atom. The molecule has 0 unspecified atom stereocenters. The molecule has 0 aliphatic heterocycles. The SMILES string of the molecule is Cc1cc(CCc2sc(-c3ccc(C(F)(F)F)cc3)nc2C)ccc1N=O. The summed E-state index contributed by atoms with van der Waals surface area (Å²) in [6.07, 6.45) is -2.78. The number of aryl methyl sites for hydroxylation is 4. The second kappa shape index (κ2) is 7.60. The number of aromatic nitrogens is 1. The summed E-state index contributed by atoms with van der Waals surface area (Å²) in [7, 11) is 0. The average Bonchev–Trinajstić information content (AvgIpc) is 3.00. The van der Waals surface area contributed by atoms with Gasteiger partial charge in [0.05, 0.1) is 11.3 Å². The van der Waals surface area contributed by atoms with Crippen molar-refractivity contribution in [3.63, 3.8) is 0 Å². The Labute approximate surface area is 158 Å². The molecular weight excluding hydrogens is 373 g/mol. The Morgan fingerprint density at radius 3 is 2.33 bits per heavy atom. The highest BCUT2D eigenvalue weighted by molar-refractivity contribution is 7.15. The molecule has 3 aromatic rings. The molecule has 0 atom stereocenters. The molecule has 7 heteroatoms. The largest absolute Gasteiger partial charge is 0.416 e. The summed E-state index contributed by atoms with van der Waals surface area (Å²) < 4.78 is 38.1. The lowest BCUT2D eigenvalue weighted by Gasteiger charge is -2.06. The van der Waals surface area contributed by atoms with Crippen LogP contribution in [0.5, 0.6) is 0 Å². The van der Waals surface area contributed by atoms with Crippen LogP contribution in [0.2, 0.25) is 0 Å². The normalized spacial score (nSPS) is 11.6. The molecule has 0 bridgehead atoms. The Morgan fingerprint density at radius 2 is 1.74 bits per heavy atom. The number of hydrogen-bond donors (Lipinski definition) is 0. The van der Waals surface area contributed by atoms with E-state index in [0.717, 1.165) is 46.7 Å². The van der Waals surface area contributed by atoms with Gasteiger partial charge in [0.15, 0.2) is 0 Å². The van der Waals surface area contributed by atoms with Crippen LogP contribution in [0.4, 0.5) is 18.9 Å². The van der Waals surface area contributed by atoms with Gasteiger partial charge in [-0.25, -0.2) is 4.98 Å². The Hall–Kier alpha value is -2.54. The number of hydrogen-bond acceptors (Lipinski definition) is 4. The molecule has 140 valence electrons. The smallest absolute Gasteiger partial charge is 0.241 e. The Balaban J connectivity index is 1.74. The molecule has 0 aliphatic rings. The highest BCUT2D eigenvalue weighted by atomic mass is 32.1. The molecule has 0 aliphatic carbocycles. The van der Waals surface area contributed by atoms with E-state index in [2.05, 4.69) is 10.2 Å². The van der Waals surface area contributed by atoms with E-state index in [4.69, 9.17) is 0 Å². The van der Waals surface area contributed by atoms with Crippen molar-refractivity contribution in [3.8, 4) is 10.6 Å². The number of rotatable bonds is 5. The number of halogens is 3. The fraction of sp³-hybridized carbons (Fsp3) is 0.250. The Kier molecular flexibility index (Phi) is 5.41. The maximum Gasteiger partial charge on any atom is 0.416 e. The third-order valence-corrected chi connectivity index (χ3v) is 5.62. The summed E-state index contributed by atoms with van der Waals surface area (Å²) in [5.74, 6) is 0. The highest BCUT2D eigenvalue weighted by Gasteiger charge is 2.30. The number of nitroso groups, excluding NO2 is 1. The van der Waals surface area contributed by atoms with E-state index in [9.17, 15) is 18.1 Å². The molecule has 1 aromatic heterocycles. The molecule has 0 amide bonds. The zero-order chi connectivity index (χ0) is 19.6. The summed E-state index contributed by atoms with van der Waals surface area (Å²) in [5.41, 5.74) is 3.29. The summed E-state index contributed by atoms with van der Waals surface area (Å²) >= 11 is 1.50. The van der Waals surface area contributed by atoms with Crippen LogP contribution in [0, 0.1) is 18.8 Å². The second-order valence-corrected chi connectivity index (χ2v) is 7.40. The lowest BCUT2D eigenvalue weighted by Crippen LogP contribution is -2.03. The van der Waals surface area contributed by atoms with Crippen LogP contribution in [-0.2, 0) is 19.0 Å². The van der Waals surface area contributed by atoms with Crippen LogP contribution in [0.15, 0.2) is 47.6 Å². The standard InChI is InChI=1S/C20H17F3N2OS/c1-12-11-14(3-9-17(12)25-26)4-10-18-13(2)24-19(27-18)15-5-7-16(8-6-15)20(21,22)23/h3,5-9,11H,4,10H2,1-2H3. The van der Waals surface area contributed by atoms with Crippen LogP contribution >= 0.6 is 11.3 Å². The molecule has 3 rings (SSSR count). The molecule has 0 radical (unpaired) electrons. The minimum absolute atomic E-state index is 0.442. The second-order valence-electron chi connectivity index (χ2n) is 6.31. The maximum atomic E-state index is 12.7. The molecule has 27 heavy (non-hydrogen) atoms. The fourth-order valence-corrected chi connectivity index (χ4v) is 3.89. The summed E-state index contributed by atoms with van der Waals surface area (Å²) in [5, 5.41) is 3.69. The quantitative estimate of drug-likeness (QED) is 0.459. The number of benzene rings is 2. The zero-order valence-corrected chi connectivity index (χ0v) is 15.6. The van der Waals surface area contributed by atoms with Gasteiger partial charge in [-0.15, -0.1) is 16.2 Å². The van der Waals surface area contributed by atoms with Crippen LogP contribution in [0.3, 0.4) is 0 Å². The Bertz CT molecular complexity index is 962. The van der Waals surface area contributed by atoms with E-state index in [1.54, 1.807) is 6.07 Å². The third-order valence-electron chi connectivity index (χ3n) is 4.35. The molecule has 0 spiro atoms. The topological polar surface area (TPSA) is 42.3 Å². The molecule has 2 aromatic carbocycles. The van der Waals surface area contributed by atoms with Crippen molar-refractivity contribution in [2.45, 2.75) is 32.9 Å². The van der Waals surface area contributed by atoms with Gasteiger partial charge in [-0.1, -0.05) is 24.3 Å². The molecule has 0 saturated carbocycles. The molecule has 0 N–H and O–H groups in total. The van der Waals surface area contributed by atoms with Gasteiger partial charge < -0.3 is 0 Å². The van der Waals surface area contributed by atoms with E-state index in [0.29, 0.717) is 16.3 Å². The summed E-state index contributed by atoms with van der Waals surface area (Å²) in [6, 6.07) is 10.6. The predicted molar refractivity (Wildman–Crippen MR) is 101 cm³/mol. The number of nitrogens with zero attached hydrogens (tertiary/aromatic N) is 2. The molecule has 1 heterocycles. The minimum Gasteiger partial charge on any atom is -0.241 e. The van der Waals surface area contributed by atoms with Crippen LogP contribution in [0.25, 0.3) is 10.6 Å². The first-order chi connectivity index (χ1) is 12.8. The number of thiazole rings is 1. The van der Waals surface area contributed by atoms with Crippen LogP contribution in [-0.4, -0.2) is 4.98 Å². The van der Waals surface area contributed by atoms with Crippen molar-refractivity contribution >= 4 is 17.0 Å². The van der Waals surface area contributed by atoms with Crippen LogP contribution in [0.1, 0.15) is 27.3 Å². The predicted octanol–water partition coefficient (Wildman–Crippen LogP) is 6.63. The maximum absolute atomic E-state index is 12.7. The van der Waals surface area contributed by atoms with Crippen molar-refractivity contribution in [2.24, 2.45) is 5.18 Å². The van der Waals surface area contributed by atoms with Gasteiger partial charge in [-0.3, -0.25) is 0 Å². The number of alkyl halides is 3. The third kappa shape index (κ3) is 4.42. The van der Waals surface area contributed by atoms with Gasteiger partial charge in [-0.05, 0) is 61.2 Å². The monoisotopic (exact) mass is 390 g/mol. The molecule has 0 saturated heterocycles. The zero-order valence-electron chi connectivity index (χ0n) is 14.8. The lowest BCUT2D eigenvalue weighted by molar-refractivity contribution is -0.137. The molecular formula is C20H17F3N2OS. The van der Waals surface area contributed by atoms with E-state index >= 15 is 0 Å². The first-order valence-corrected chi connectivity index (χ1v) is 9.16. The van der Waals surface area contributed by atoms with E-state index in [-0.39, 0.29) is 0 Å². The summed E-state index contributed by atoms with van der Waals surface area (Å²) in [4.78, 5) is 16.3. The van der Waals surface area contributed by atoms with Gasteiger partial charge in [-0.2, -0.15) is 13.2 Å². The van der Waals surface area contributed by atoms with Gasteiger partial charge >= 0.3 is 6.18 Å². The highest BCUT2D eigenvalue weighted by Crippen LogP contribution is 2.33. The fourth-order valence-electron chi connectivity index (χ4n) is 2.82. The van der Waals surface area contributed by atoms with Crippen molar-refractivity contribution in [1.82, 2.24) is 4.98 Å². The minimum atomic E-state index is -4.34. The molecule has 3 nitrogen and oxygen atoms in total. The van der Waals surface area contributed by atoms with E-state index in [1.807, 2.05) is 26.0 Å². The average molecular weight is 390 g/mol. The first-order valence-electron chi connectivity index (χ1n) is 8.35. The van der Waals surface area contributed by atoms with Crippen molar-refractivity contribution in [1.29, 1.82) is 0 Å². The van der Waals surface area contributed by atoms with Crippen molar-refractivity contribution < 1.29 is 13.2 Å². The molecule has 0 fully saturated rings.